The van der Waals surface area contributed by atoms with Crippen molar-refractivity contribution in [2.24, 2.45) is 0 Å². The minimum absolute atomic E-state index is 0.786. The smallest absolute Gasteiger partial charge is 0.152 e. The lowest BCUT2D eigenvalue weighted by atomic mass is 10.0. The molecular formula is C17H17NO. The van der Waals surface area contributed by atoms with Crippen LogP contribution < -0.4 is 4.90 Å². The summed E-state index contributed by atoms with van der Waals surface area (Å²) in [5, 5.41) is 0. The fraction of sp³-hybridized carbons (Fsp3) is 0.235. The van der Waals surface area contributed by atoms with Crippen LogP contribution in [0.25, 0.3) is 0 Å². The Labute approximate surface area is 113 Å². The van der Waals surface area contributed by atoms with Crippen molar-refractivity contribution in [2.75, 3.05) is 18.0 Å². The van der Waals surface area contributed by atoms with Crippen LogP contribution in [-0.2, 0) is 12.8 Å². The van der Waals surface area contributed by atoms with E-state index in [4.69, 9.17) is 0 Å². The first-order valence-electron chi connectivity index (χ1n) is 6.74. The number of fused-ring (bicyclic) bond motifs is 1. The zero-order valence-corrected chi connectivity index (χ0v) is 10.9. The highest BCUT2D eigenvalue weighted by Crippen LogP contribution is 2.23. The number of carbonyl (C=O) groups excluding carboxylic acids is 1. The third-order valence-electron chi connectivity index (χ3n) is 3.82. The normalized spacial score (nSPS) is 14.6. The fourth-order valence-corrected chi connectivity index (χ4v) is 2.78. The molecule has 2 heteroatoms. The molecule has 0 saturated heterocycles. The van der Waals surface area contributed by atoms with E-state index in [1.807, 2.05) is 24.3 Å². The van der Waals surface area contributed by atoms with E-state index < -0.39 is 0 Å². The lowest BCUT2D eigenvalue weighted by Gasteiger charge is -2.23. The molecule has 96 valence electrons. The molecule has 0 aliphatic carbocycles. The average molecular weight is 251 g/mol. The van der Waals surface area contributed by atoms with E-state index in [9.17, 15) is 4.79 Å². The molecule has 0 saturated carbocycles. The molecule has 0 radical (unpaired) electrons. The van der Waals surface area contributed by atoms with Gasteiger partial charge in [0.2, 0.25) is 0 Å². The summed E-state index contributed by atoms with van der Waals surface area (Å²) in [6.07, 6.45) is 3.04. The predicted octanol–water partition coefficient (Wildman–Crippen LogP) is 3.10. The van der Waals surface area contributed by atoms with E-state index in [-0.39, 0.29) is 0 Å². The van der Waals surface area contributed by atoms with Gasteiger partial charge in [0.05, 0.1) is 0 Å². The number of benzene rings is 2. The summed E-state index contributed by atoms with van der Waals surface area (Å²) in [4.78, 5) is 13.5. The number of carbonyl (C=O) groups is 1. The maximum absolute atomic E-state index is 11.1. The number of anilines is 1. The van der Waals surface area contributed by atoms with Crippen LogP contribution in [0.3, 0.4) is 0 Å². The van der Waals surface area contributed by atoms with Crippen molar-refractivity contribution < 1.29 is 4.79 Å². The maximum atomic E-state index is 11.1. The zero-order chi connectivity index (χ0) is 13.1. The molecule has 19 heavy (non-hydrogen) atoms. The van der Waals surface area contributed by atoms with Gasteiger partial charge in [-0.15, -0.1) is 0 Å². The lowest BCUT2D eigenvalue weighted by Crippen LogP contribution is -2.26. The van der Waals surface area contributed by atoms with Gasteiger partial charge in [-0.1, -0.05) is 36.4 Å². The van der Waals surface area contributed by atoms with Crippen molar-refractivity contribution in [3.63, 3.8) is 0 Å². The molecule has 0 spiro atoms. The van der Waals surface area contributed by atoms with E-state index in [1.54, 1.807) is 0 Å². The van der Waals surface area contributed by atoms with Crippen molar-refractivity contribution in [1.82, 2.24) is 0 Å². The number of hydrogen-bond acceptors (Lipinski definition) is 2. The molecule has 1 aliphatic heterocycles. The third-order valence-corrected chi connectivity index (χ3v) is 3.82. The van der Waals surface area contributed by atoms with Crippen LogP contribution in [0.15, 0.2) is 48.5 Å². The summed E-state index contributed by atoms with van der Waals surface area (Å²) in [5.74, 6) is 0. The summed E-state index contributed by atoms with van der Waals surface area (Å²) in [7, 11) is 0. The SMILES string of the molecule is O=Cc1ccccc1N1CCc2ccccc2CC1. The lowest BCUT2D eigenvalue weighted by molar-refractivity contribution is 0.112. The molecule has 0 bridgehead atoms. The Hall–Kier alpha value is -2.09. The second-order valence-corrected chi connectivity index (χ2v) is 4.93. The van der Waals surface area contributed by atoms with Crippen LogP contribution in [0.1, 0.15) is 21.5 Å². The zero-order valence-electron chi connectivity index (χ0n) is 10.9. The summed E-state index contributed by atoms with van der Waals surface area (Å²) < 4.78 is 0. The van der Waals surface area contributed by atoms with Gasteiger partial charge < -0.3 is 4.90 Å². The molecule has 0 aromatic heterocycles. The molecule has 0 unspecified atom stereocenters. The van der Waals surface area contributed by atoms with E-state index in [1.165, 1.54) is 11.1 Å². The largest absolute Gasteiger partial charge is 0.370 e. The molecular weight excluding hydrogens is 234 g/mol. The second kappa shape index (κ2) is 5.27. The molecule has 0 fully saturated rings. The molecule has 2 aromatic rings. The Morgan fingerprint density at radius 1 is 0.842 bits per heavy atom. The van der Waals surface area contributed by atoms with Gasteiger partial charge in [0.15, 0.2) is 6.29 Å². The molecule has 3 rings (SSSR count). The van der Waals surface area contributed by atoms with Gasteiger partial charge in [-0.3, -0.25) is 4.79 Å². The Morgan fingerprint density at radius 2 is 1.42 bits per heavy atom. The average Bonchev–Trinajstić information content (AvgIpc) is 2.70. The first kappa shape index (κ1) is 12.0. The Balaban J connectivity index is 1.87. The highest BCUT2D eigenvalue weighted by atomic mass is 16.1. The standard InChI is InChI=1S/C17H17NO/c19-13-16-7-3-4-8-17(16)18-11-9-14-5-1-2-6-15(14)10-12-18/h1-8,13H,9-12H2. The molecule has 2 aromatic carbocycles. The van der Waals surface area contributed by atoms with Gasteiger partial charge in [0, 0.05) is 24.3 Å². The molecule has 1 aliphatic rings. The maximum Gasteiger partial charge on any atom is 0.152 e. The molecule has 2 nitrogen and oxygen atoms in total. The fourth-order valence-electron chi connectivity index (χ4n) is 2.78. The first-order valence-corrected chi connectivity index (χ1v) is 6.74. The summed E-state index contributed by atoms with van der Waals surface area (Å²) in [6, 6.07) is 16.5. The Morgan fingerprint density at radius 3 is 2.05 bits per heavy atom. The van der Waals surface area contributed by atoms with Gasteiger partial charge in [0.25, 0.3) is 0 Å². The monoisotopic (exact) mass is 251 g/mol. The minimum Gasteiger partial charge on any atom is -0.370 e. The van der Waals surface area contributed by atoms with Crippen LogP contribution in [0.2, 0.25) is 0 Å². The van der Waals surface area contributed by atoms with Crippen molar-refractivity contribution in [3.05, 3.63) is 65.2 Å². The van der Waals surface area contributed by atoms with E-state index in [0.29, 0.717) is 0 Å². The number of nitrogens with zero attached hydrogens (tertiary/aromatic N) is 1. The van der Waals surface area contributed by atoms with E-state index in [2.05, 4.69) is 29.2 Å². The number of hydrogen-bond donors (Lipinski definition) is 0. The molecule has 1 heterocycles. The van der Waals surface area contributed by atoms with Crippen LogP contribution in [0.5, 0.6) is 0 Å². The third kappa shape index (κ3) is 2.39. The number of para-hydroxylation sites is 1. The Bertz CT molecular complexity index is 564. The quantitative estimate of drug-likeness (QED) is 0.764. The van der Waals surface area contributed by atoms with Gasteiger partial charge in [-0.05, 0) is 36.1 Å². The highest BCUT2D eigenvalue weighted by Gasteiger charge is 2.15. The van der Waals surface area contributed by atoms with Gasteiger partial charge in [-0.25, -0.2) is 0 Å². The van der Waals surface area contributed by atoms with Crippen LogP contribution in [0, 0.1) is 0 Å². The van der Waals surface area contributed by atoms with Crippen molar-refractivity contribution in [3.8, 4) is 0 Å². The topological polar surface area (TPSA) is 20.3 Å². The van der Waals surface area contributed by atoms with Crippen LogP contribution in [0.4, 0.5) is 5.69 Å². The number of rotatable bonds is 2. The van der Waals surface area contributed by atoms with Gasteiger partial charge >= 0.3 is 0 Å². The van der Waals surface area contributed by atoms with Gasteiger partial charge in [0.1, 0.15) is 0 Å². The molecule has 0 N–H and O–H groups in total. The first-order chi connectivity index (χ1) is 9.38. The highest BCUT2D eigenvalue weighted by molar-refractivity contribution is 5.84. The predicted molar refractivity (Wildman–Crippen MR) is 77.9 cm³/mol. The van der Waals surface area contributed by atoms with Crippen LogP contribution >= 0.6 is 0 Å². The van der Waals surface area contributed by atoms with Crippen LogP contribution in [-0.4, -0.2) is 19.4 Å². The molecule has 0 amide bonds. The van der Waals surface area contributed by atoms with Crippen molar-refractivity contribution in [1.29, 1.82) is 0 Å². The number of aldehydes is 1. The Kier molecular flexibility index (Phi) is 3.32. The second-order valence-electron chi connectivity index (χ2n) is 4.93. The van der Waals surface area contributed by atoms with Gasteiger partial charge in [-0.2, -0.15) is 0 Å². The summed E-state index contributed by atoms with van der Waals surface area (Å²) >= 11 is 0. The van der Waals surface area contributed by atoms with Crippen molar-refractivity contribution in [2.45, 2.75) is 12.8 Å². The van der Waals surface area contributed by atoms with E-state index >= 15 is 0 Å². The van der Waals surface area contributed by atoms with E-state index in [0.717, 1.165) is 43.5 Å². The summed E-state index contributed by atoms with van der Waals surface area (Å²) in [5.41, 5.74) is 4.72. The minimum atomic E-state index is 0.786. The molecule has 0 atom stereocenters. The summed E-state index contributed by atoms with van der Waals surface area (Å²) in [6.45, 7) is 1.95. The van der Waals surface area contributed by atoms with Crippen molar-refractivity contribution >= 4 is 12.0 Å².